The molecule has 2 atom stereocenters. The molecule has 1 aliphatic carbocycles. The summed E-state index contributed by atoms with van der Waals surface area (Å²) >= 11 is 3.47. The number of carbonyl (C=O) groups is 1. The van der Waals surface area contributed by atoms with Crippen LogP contribution < -0.4 is 9.47 Å². The lowest BCUT2D eigenvalue weighted by Gasteiger charge is -2.16. The molecule has 1 heterocycles. The van der Waals surface area contributed by atoms with Gasteiger partial charge in [0.15, 0.2) is 0 Å². The molecule has 25 heavy (non-hydrogen) atoms. The first kappa shape index (κ1) is 16.4. The molecule has 1 aliphatic heterocycles. The van der Waals surface area contributed by atoms with Crippen LogP contribution in [-0.4, -0.2) is 17.7 Å². The van der Waals surface area contributed by atoms with Gasteiger partial charge in [-0.3, -0.25) is 4.79 Å². The lowest BCUT2D eigenvalue weighted by molar-refractivity contribution is -0.137. The summed E-state index contributed by atoms with van der Waals surface area (Å²) in [6.07, 6.45) is 1.19. The monoisotopic (exact) mass is 406 g/mol. The lowest BCUT2D eigenvalue weighted by atomic mass is 9.98. The Morgan fingerprint density at radius 2 is 2.20 bits per heavy atom. The highest BCUT2D eigenvalue weighted by molar-refractivity contribution is 9.10. The number of fused-ring (bicyclic) bond motifs is 2. The second-order valence-electron chi connectivity index (χ2n) is 6.37. The highest BCUT2D eigenvalue weighted by Gasteiger charge is 2.31. The van der Waals surface area contributed by atoms with E-state index in [9.17, 15) is 9.18 Å². The Balaban J connectivity index is 1.57. The van der Waals surface area contributed by atoms with Crippen LogP contribution >= 0.6 is 15.9 Å². The topological polar surface area (TPSA) is 55.8 Å². The summed E-state index contributed by atoms with van der Waals surface area (Å²) in [5.41, 5.74) is 2.46. The van der Waals surface area contributed by atoms with Gasteiger partial charge in [0, 0.05) is 27.6 Å². The number of benzene rings is 2. The smallest absolute Gasteiger partial charge is 0.304 e. The van der Waals surface area contributed by atoms with Crippen LogP contribution in [0.2, 0.25) is 0 Å². The van der Waals surface area contributed by atoms with Gasteiger partial charge in [-0.25, -0.2) is 4.39 Å². The molecule has 1 N–H and O–H groups in total. The summed E-state index contributed by atoms with van der Waals surface area (Å²) in [6, 6.07) is 8.59. The minimum Gasteiger partial charge on any atom is -0.492 e. The fourth-order valence-corrected chi connectivity index (χ4v) is 4.17. The predicted molar refractivity (Wildman–Crippen MR) is 92.7 cm³/mol. The molecule has 4 nitrogen and oxygen atoms in total. The lowest BCUT2D eigenvalue weighted by Crippen LogP contribution is -2.07. The molecule has 0 fully saturated rings. The Hall–Kier alpha value is -2.08. The summed E-state index contributed by atoms with van der Waals surface area (Å²) < 4.78 is 26.8. The Kier molecular flexibility index (Phi) is 4.15. The van der Waals surface area contributed by atoms with Gasteiger partial charge in [-0.1, -0.05) is 22.0 Å². The van der Waals surface area contributed by atoms with Crippen molar-refractivity contribution in [3.05, 3.63) is 57.3 Å². The van der Waals surface area contributed by atoms with Gasteiger partial charge >= 0.3 is 5.97 Å². The van der Waals surface area contributed by atoms with Crippen molar-refractivity contribution in [3.8, 4) is 11.5 Å². The summed E-state index contributed by atoms with van der Waals surface area (Å²) in [4.78, 5) is 10.9. The van der Waals surface area contributed by atoms with E-state index >= 15 is 0 Å². The van der Waals surface area contributed by atoms with E-state index in [0.29, 0.717) is 30.1 Å². The van der Waals surface area contributed by atoms with Gasteiger partial charge in [0.05, 0.1) is 13.0 Å². The minimum atomic E-state index is -0.842. The Morgan fingerprint density at radius 3 is 3.00 bits per heavy atom. The SMILES string of the molecule is O=C(O)CC1COc2cc(O[C@@H]3CCc4c(Br)ccc(F)c43)ccc21. The van der Waals surface area contributed by atoms with E-state index in [1.807, 2.05) is 6.07 Å². The first-order valence-corrected chi connectivity index (χ1v) is 8.94. The van der Waals surface area contributed by atoms with Gasteiger partial charge in [-0.15, -0.1) is 0 Å². The molecule has 2 aromatic rings. The van der Waals surface area contributed by atoms with E-state index in [1.54, 1.807) is 18.2 Å². The zero-order chi connectivity index (χ0) is 17.6. The van der Waals surface area contributed by atoms with Crippen molar-refractivity contribution in [2.75, 3.05) is 6.61 Å². The third-order valence-electron chi connectivity index (χ3n) is 4.79. The van der Waals surface area contributed by atoms with Gasteiger partial charge in [0.25, 0.3) is 0 Å². The van der Waals surface area contributed by atoms with Crippen molar-refractivity contribution in [1.29, 1.82) is 0 Å². The van der Waals surface area contributed by atoms with E-state index in [2.05, 4.69) is 15.9 Å². The third-order valence-corrected chi connectivity index (χ3v) is 5.53. The van der Waals surface area contributed by atoms with Crippen molar-refractivity contribution < 1.29 is 23.8 Å². The third kappa shape index (κ3) is 2.99. The van der Waals surface area contributed by atoms with E-state index in [1.165, 1.54) is 6.07 Å². The standard InChI is InChI=1S/C19H16BrFO4/c20-14-4-5-15(21)19-13(14)3-6-16(19)25-11-1-2-12-10(7-18(22)23)9-24-17(12)8-11/h1-2,4-5,8,10,16H,3,6-7,9H2,(H,22,23)/t10?,16-/m1/s1. The fourth-order valence-electron chi connectivity index (χ4n) is 3.62. The molecule has 0 saturated heterocycles. The molecule has 0 spiro atoms. The number of ether oxygens (including phenoxy) is 2. The van der Waals surface area contributed by atoms with Crippen molar-refractivity contribution in [1.82, 2.24) is 0 Å². The number of hydrogen-bond donors (Lipinski definition) is 1. The minimum absolute atomic E-state index is 0.0441. The zero-order valence-corrected chi connectivity index (χ0v) is 14.9. The van der Waals surface area contributed by atoms with E-state index in [0.717, 1.165) is 22.0 Å². The van der Waals surface area contributed by atoms with Gasteiger partial charge in [0.2, 0.25) is 0 Å². The Labute approximate surface area is 152 Å². The van der Waals surface area contributed by atoms with E-state index < -0.39 is 5.97 Å². The maximum Gasteiger partial charge on any atom is 0.304 e. The van der Waals surface area contributed by atoms with Crippen LogP contribution in [0.25, 0.3) is 0 Å². The van der Waals surface area contributed by atoms with Gasteiger partial charge < -0.3 is 14.6 Å². The van der Waals surface area contributed by atoms with Crippen LogP contribution in [0.1, 0.15) is 41.6 Å². The van der Waals surface area contributed by atoms with Crippen LogP contribution in [-0.2, 0) is 11.2 Å². The summed E-state index contributed by atoms with van der Waals surface area (Å²) in [5, 5.41) is 8.97. The molecule has 130 valence electrons. The molecule has 0 radical (unpaired) electrons. The molecule has 0 amide bonds. The molecule has 1 unspecified atom stereocenters. The van der Waals surface area contributed by atoms with Crippen LogP contribution in [0.15, 0.2) is 34.8 Å². The summed E-state index contributed by atoms with van der Waals surface area (Å²) in [6.45, 7) is 0.360. The van der Waals surface area contributed by atoms with Gasteiger partial charge in [0.1, 0.15) is 23.4 Å². The molecule has 0 saturated carbocycles. The first-order chi connectivity index (χ1) is 12.0. The Morgan fingerprint density at radius 1 is 1.36 bits per heavy atom. The number of aliphatic carboxylic acids is 1. The van der Waals surface area contributed by atoms with Crippen LogP contribution in [0.5, 0.6) is 11.5 Å². The normalized spacial score (nSPS) is 20.7. The van der Waals surface area contributed by atoms with E-state index in [-0.39, 0.29) is 24.3 Å². The molecule has 6 heteroatoms. The van der Waals surface area contributed by atoms with Crippen molar-refractivity contribution in [3.63, 3.8) is 0 Å². The van der Waals surface area contributed by atoms with Crippen molar-refractivity contribution in [2.45, 2.75) is 31.3 Å². The average molecular weight is 407 g/mol. The van der Waals surface area contributed by atoms with Crippen LogP contribution in [0.4, 0.5) is 4.39 Å². The first-order valence-electron chi connectivity index (χ1n) is 8.15. The number of carboxylic acid groups (broad SMARTS) is 1. The molecular weight excluding hydrogens is 391 g/mol. The molecule has 2 aliphatic rings. The van der Waals surface area contributed by atoms with Crippen LogP contribution in [0.3, 0.4) is 0 Å². The molecular formula is C19H16BrFO4. The average Bonchev–Trinajstić information content (AvgIpc) is 3.16. The maximum atomic E-state index is 14.2. The van der Waals surface area contributed by atoms with E-state index in [4.69, 9.17) is 14.6 Å². The molecule has 2 aromatic carbocycles. The highest BCUT2D eigenvalue weighted by atomic mass is 79.9. The maximum absolute atomic E-state index is 14.2. The van der Waals surface area contributed by atoms with Crippen molar-refractivity contribution in [2.24, 2.45) is 0 Å². The number of carboxylic acids is 1. The quantitative estimate of drug-likeness (QED) is 0.805. The van der Waals surface area contributed by atoms with Gasteiger partial charge in [-0.05, 0) is 36.6 Å². The largest absolute Gasteiger partial charge is 0.492 e. The highest BCUT2D eigenvalue weighted by Crippen LogP contribution is 2.42. The predicted octanol–water partition coefficient (Wildman–Crippen LogP) is 4.61. The number of hydrogen-bond acceptors (Lipinski definition) is 3. The number of halogens is 2. The van der Waals surface area contributed by atoms with Crippen LogP contribution in [0, 0.1) is 5.82 Å². The molecule has 4 rings (SSSR count). The van der Waals surface area contributed by atoms with Gasteiger partial charge in [-0.2, -0.15) is 0 Å². The number of rotatable bonds is 4. The summed E-state index contributed by atoms with van der Waals surface area (Å²) in [7, 11) is 0. The second-order valence-corrected chi connectivity index (χ2v) is 7.23. The second kappa shape index (κ2) is 6.33. The molecule has 0 aromatic heterocycles. The fraction of sp³-hybridized carbons (Fsp3) is 0.316. The Bertz CT molecular complexity index is 852. The summed E-state index contributed by atoms with van der Waals surface area (Å²) in [5.74, 6) is 0.0239. The van der Waals surface area contributed by atoms with Crippen molar-refractivity contribution >= 4 is 21.9 Å². The zero-order valence-electron chi connectivity index (χ0n) is 13.3. The molecule has 0 bridgehead atoms.